The van der Waals surface area contributed by atoms with Crippen molar-refractivity contribution in [3.63, 3.8) is 0 Å². The first kappa shape index (κ1) is 22.2. The second kappa shape index (κ2) is 9.21. The number of alkyl halides is 3. The molecule has 0 bridgehead atoms. The fourth-order valence-electron chi connectivity index (χ4n) is 3.76. The standard InChI is InChI=1S/C21H24F3N5O3/c1-3-32-19-14-6-7-25-18(14)27-20(28-19)26-15-5-4-13(12-16(15)30-2)17(21(22,23)24)29-8-10-31-11-9-29/h4-7,12,17H,3,8-11H2,1-2H3,(H2,25,26,27,28)/t17-/m0/s1. The van der Waals surface area contributed by atoms with E-state index in [1.807, 2.05) is 13.0 Å². The highest BCUT2D eigenvalue weighted by Crippen LogP contribution is 2.41. The van der Waals surface area contributed by atoms with Gasteiger partial charge < -0.3 is 24.5 Å². The van der Waals surface area contributed by atoms with Crippen molar-refractivity contribution in [3.8, 4) is 11.6 Å². The molecule has 2 N–H and O–H groups in total. The molecule has 8 nitrogen and oxygen atoms in total. The van der Waals surface area contributed by atoms with Crippen LogP contribution in [0, 0.1) is 0 Å². The number of rotatable bonds is 7. The van der Waals surface area contributed by atoms with Crippen molar-refractivity contribution < 1.29 is 27.4 Å². The van der Waals surface area contributed by atoms with E-state index in [0.717, 1.165) is 5.39 Å². The van der Waals surface area contributed by atoms with Gasteiger partial charge in [-0.05, 0) is 30.7 Å². The minimum absolute atomic E-state index is 0.0949. The van der Waals surface area contributed by atoms with Crippen LogP contribution in [0.1, 0.15) is 18.5 Å². The molecule has 11 heteroatoms. The first-order valence-electron chi connectivity index (χ1n) is 10.2. The van der Waals surface area contributed by atoms with Crippen molar-refractivity contribution >= 4 is 22.7 Å². The number of methoxy groups -OCH3 is 1. The molecule has 0 amide bonds. The van der Waals surface area contributed by atoms with E-state index in [4.69, 9.17) is 14.2 Å². The number of ether oxygens (including phenoxy) is 3. The highest BCUT2D eigenvalue weighted by molar-refractivity contribution is 5.82. The fourth-order valence-corrected chi connectivity index (χ4v) is 3.76. The number of H-pyrrole nitrogens is 1. The van der Waals surface area contributed by atoms with Crippen LogP contribution in [0.2, 0.25) is 0 Å². The molecule has 32 heavy (non-hydrogen) atoms. The van der Waals surface area contributed by atoms with Crippen LogP contribution >= 0.6 is 0 Å². The topological polar surface area (TPSA) is 84.5 Å². The molecule has 1 aromatic carbocycles. The summed E-state index contributed by atoms with van der Waals surface area (Å²) in [6.07, 6.45) is -2.71. The average molecular weight is 451 g/mol. The number of hydrogen-bond acceptors (Lipinski definition) is 7. The van der Waals surface area contributed by atoms with Gasteiger partial charge in [0.15, 0.2) is 0 Å². The molecular weight excluding hydrogens is 427 g/mol. The second-order valence-electron chi connectivity index (χ2n) is 7.20. The van der Waals surface area contributed by atoms with E-state index in [-0.39, 0.29) is 43.6 Å². The zero-order valence-electron chi connectivity index (χ0n) is 17.7. The molecule has 1 saturated heterocycles. The number of nitrogens with one attached hydrogen (secondary N) is 2. The summed E-state index contributed by atoms with van der Waals surface area (Å²) in [6.45, 7) is 3.22. The van der Waals surface area contributed by atoms with E-state index in [1.165, 1.54) is 30.2 Å². The lowest BCUT2D eigenvalue weighted by molar-refractivity contribution is -0.194. The monoisotopic (exact) mass is 451 g/mol. The van der Waals surface area contributed by atoms with Crippen LogP contribution in [-0.2, 0) is 4.74 Å². The molecule has 0 unspecified atom stereocenters. The number of aromatic amines is 1. The van der Waals surface area contributed by atoms with Gasteiger partial charge in [-0.15, -0.1) is 0 Å². The minimum atomic E-state index is -4.44. The summed E-state index contributed by atoms with van der Waals surface area (Å²) >= 11 is 0. The van der Waals surface area contributed by atoms with Crippen LogP contribution in [0.25, 0.3) is 11.0 Å². The Labute approximate surface area is 182 Å². The maximum atomic E-state index is 13.9. The van der Waals surface area contributed by atoms with E-state index in [2.05, 4.69) is 20.3 Å². The number of fused-ring (bicyclic) bond motifs is 1. The Bertz CT molecular complexity index is 1070. The molecule has 3 aromatic rings. The Morgan fingerprint density at radius 2 is 2.00 bits per heavy atom. The lowest BCUT2D eigenvalue weighted by Crippen LogP contribution is -2.44. The second-order valence-corrected chi connectivity index (χ2v) is 7.20. The normalized spacial score (nSPS) is 16.2. The summed E-state index contributed by atoms with van der Waals surface area (Å²) < 4.78 is 58.0. The molecule has 1 fully saturated rings. The highest BCUT2D eigenvalue weighted by Gasteiger charge is 2.45. The largest absolute Gasteiger partial charge is 0.495 e. The van der Waals surface area contributed by atoms with E-state index in [0.29, 0.717) is 23.8 Å². The smallest absolute Gasteiger partial charge is 0.408 e. The Morgan fingerprint density at radius 1 is 1.22 bits per heavy atom. The summed E-state index contributed by atoms with van der Waals surface area (Å²) in [5.41, 5.74) is 1.11. The molecule has 1 aliphatic rings. The van der Waals surface area contributed by atoms with Gasteiger partial charge >= 0.3 is 6.18 Å². The number of aromatic nitrogens is 3. The molecule has 4 rings (SSSR count). The first-order chi connectivity index (χ1) is 15.4. The zero-order valence-corrected chi connectivity index (χ0v) is 17.7. The van der Waals surface area contributed by atoms with Crippen LogP contribution in [0.15, 0.2) is 30.5 Å². The number of nitrogens with zero attached hydrogens (tertiary/aromatic N) is 3. The van der Waals surface area contributed by atoms with Crippen molar-refractivity contribution in [1.82, 2.24) is 19.9 Å². The van der Waals surface area contributed by atoms with Gasteiger partial charge in [0.1, 0.15) is 17.4 Å². The number of morpholine rings is 1. The number of hydrogen-bond donors (Lipinski definition) is 2. The maximum absolute atomic E-state index is 13.9. The van der Waals surface area contributed by atoms with Gasteiger partial charge in [-0.3, -0.25) is 4.90 Å². The quantitative estimate of drug-likeness (QED) is 0.561. The molecule has 3 heterocycles. The third-order valence-electron chi connectivity index (χ3n) is 5.17. The Morgan fingerprint density at radius 3 is 2.69 bits per heavy atom. The summed E-state index contributed by atoms with van der Waals surface area (Å²) in [5, 5.41) is 3.76. The molecule has 0 spiro atoms. The van der Waals surface area contributed by atoms with Crippen molar-refractivity contribution in [2.45, 2.75) is 19.1 Å². The van der Waals surface area contributed by atoms with Gasteiger partial charge in [-0.25, -0.2) is 0 Å². The van der Waals surface area contributed by atoms with Crippen LogP contribution in [-0.4, -0.2) is 66.0 Å². The van der Waals surface area contributed by atoms with E-state index in [1.54, 1.807) is 6.20 Å². The van der Waals surface area contributed by atoms with Gasteiger partial charge in [0.2, 0.25) is 11.8 Å². The molecular formula is C21H24F3N5O3. The molecule has 2 aromatic heterocycles. The third kappa shape index (κ3) is 4.58. The minimum Gasteiger partial charge on any atom is -0.495 e. The first-order valence-corrected chi connectivity index (χ1v) is 10.2. The molecule has 0 aliphatic carbocycles. The van der Waals surface area contributed by atoms with Crippen molar-refractivity contribution in [3.05, 3.63) is 36.0 Å². The summed E-state index contributed by atoms with van der Waals surface area (Å²) in [4.78, 5) is 13.2. The van der Waals surface area contributed by atoms with E-state index < -0.39 is 12.2 Å². The lowest BCUT2D eigenvalue weighted by atomic mass is 10.0. The number of benzene rings is 1. The molecule has 1 atom stereocenters. The van der Waals surface area contributed by atoms with Gasteiger partial charge in [-0.2, -0.15) is 23.1 Å². The summed E-state index contributed by atoms with van der Waals surface area (Å²) in [6, 6.07) is 4.44. The van der Waals surface area contributed by atoms with Crippen LogP contribution in [0.3, 0.4) is 0 Å². The van der Waals surface area contributed by atoms with E-state index >= 15 is 0 Å². The average Bonchev–Trinajstić information content (AvgIpc) is 3.24. The summed E-state index contributed by atoms with van der Waals surface area (Å²) in [5.74, 6) is 0.884. The zero-order chi connectivity index (χ0) is 22.7. The SMILES string of the molecule is CCOc1nc(Nc2ccc([C@H](N3CCOCC3)C(F)(F)F)cc2OC)nc2[nH]ccc12. The number of halogens is 3. The predicted octanol–water partition coefficient (Wildman–Crippen LogP) is 4.04. The van der Waals surface area contributed by atoms with Crippen molar-refractivity contribution in [1.29, 1.82) is 0 Å². The lowest BCUT2D eigenvalue weighted by Gasteiger charge is -2.36. The van der Waals surface area contributed by atoms with Gasteiger partial charge in [0.25, 0.3) is 0 Å². The predicted molar refractivity (Wildman–Crippen MR) is 113 cm³/mol. The van der Waals surface area contributed by atoms with Gasteiger partial charge in [0.05, 0.1) is 38.0 Å². The third-order valence-corrected chi connectivity index (χ3v) is 5.17. The fraction of sp³-hybridized carbons (Fsp3) is 0.429. The van der Waals surface area contributed by atoms with E-state index in [9.17, 15) is 13.2 Å². The van der Waals surface area contributed by atoms with Crippen molar-refractivity contribution in [2.75, 3.05) is 45.3 Å². The Hall–Kier alpha value is -3.05. The maximum Gasteiger partial charge on any atom is 0.408 e. The van der Waals surface area contributed by atoms with Crippen LogP contribution in [0.5, 0.6) is 11.6 Å². The van der Waals surface area contributed by atoms with Gasteiger partial charge in [-0.1, -0.05) is 6.07 Å². The molecule has 0 radical (unpaired) electrons. The Kier molecular flexibility index (Phi) is 6.38. The molecule has 0 saturated carbocycles. The molecule has 172 valence electrons. The molecule has 1 aliphatic heterocycles. The number of anilines is 2. The Balaban J connectivity index is 1.66. The van der Waals surface area contributed by atoms with Crippen LogP contribution < -0.4 is 14.8 Å². The van der Waals surface area contributed by atoms with Gasteiger partial charge in [0, 0.05) is 19.3 Å². The highest BCUT2D eigenvalue weighted by atomic mass is 19.4. The van der Waals surface area contributed by atoms with Crippen molar-refractivity contribution in [2.24, 2.45) is 0 Å². The summed E-state index contributed by atoms with van der Waals surface area (Å²) in [7, 11) is 1.41. The van der Waals surface area contributed by atoms with Crippen LogP contribution in [0.4, 0.5) is 24.8 Å².